The Kier molecular flexibility index (Phi) is 3.00. The van der Waals surface area contributed by atoms with Crippen LogP contribution in [0.5, 0.6) is 0 Å². The Morgan fingerprint density at radius 1 is 1.38 bits per heavy atom. The molecule has 2 atom stereocenters. The third kappa shape index (κ3) is 2.05. The lowest BCUT2D eigenvalue weighted by atomic mass is 10.0. The number of aliphatic hydroxyl groups excluding tert-OH is 2. The fourth-order valence-corrected chi connectivity index (χ4v) is 1.10. The van der Waals surface area contributed by atoms with Crippen molar-refractivity contribution in [3.63, 3.8) is 0 Å². The Hall–Kier alpha value is -0.940. The van der Waals surface area contributed by atoms with Crippen LogP contribution in [-0.2, 0) is 7.05 Å². The van der Waals surface area contributed by atoms with Crippen LogP contribution in [0.15, 0.2) is 6.20 Å². The number of hydrogen-bond donors (Lipinski definition) is 2. The maximum absolute atomic E-state index is 9.68. The monoisotopic (exact) mass is 185 g/mol. The van der Waals surface area contributed by atoms with Gasteiger partial charge in [-0.3, -0.25) is 0 Å². The zero-order valence-electron chi connectivity index (χ0n) is 8.05. The summed E-state index contributed by atoms with van der Waals surface area (Å²) in [6.07, 6.45) is -0.242. The molecule has 2 unspecified atom stereocenters. The highest BCUT2D eigenvalue weighted by atomic mass is 16.3. The minimum Gasteiger partial charge on any atom is -0.390 e. The predicted molar refractivity (Wildman–Crippen MR) is 46.8 cm³/mol. The van der Waals surface area contributed by atoms with E-state index in [-0.39, 0.29) is 5.92 Å². The van der Waals surface area contributed by atoms with Crippen molar-refractivity contribution in [2.24, 2.45) is 13.0 Å². The number of hydrogen-bond acceptors (Lipinski definition) is 4. The highest BCUT2D eigenvalue weighted by Crippen LogP contribution is 2.19. The van der Waals surface area contributed by atoms with Crippen molar-refractivity contribution in [2.75, 3.05) is 0 Å². The SMILES string of the molecule is CC(C)C(O)C(O)c1cnnn1C. The van der Waals surface area contributed by atoms with Crippen molar-refractivity contribution in [3.05, 3.63) is 11.9 Å². The van der Waals surface area contributed by atoms with Gasteiger partial charge >= 0.3 is 0 Å². The Morgan fingerprint density at radius 3 is 2.38 bits per heavy atom. The second kappa shape index (κ2) is 3.85. The molecule has 1 heterocycles. The molecule has 2 N–H and O–H groups in total. The van der Waals surface area contributed by atoms with Crippen LogP contribution in [0, 0.1) is 5.92 Å². The molecule has 0 aliphatic rings. The van der Waals surface area contributed by atoms with Gasteiger partial charge in [0.2, 0.25) is 0 Å². The Bertz CT molecular complexity index is 272. The molecule has 13 heavy (non-hydrogen) atoms. The van der Waals surface area contributed by atoms with E-state index >= 15 is 0 Å². The Labute approximate surface area is 77.0 Å². The summed E-state index contributed by atoms with van der Waals surface area (Å²) in [5.74, 6) is 0.00454. The van der Waals surface area contributed by atoms with Gasteiger partial charge in [-0.2, -0.15) is 0 Å². The van der Waals surface area contributed by atoms with E-state index < -0.39 is 12.2 Å². The first-order valence-electron chi connectivity index (χ1n) is 4.24. The average molecular weight is 185 g/mol. The van der Waals surface area contributed by atoms with Gasteiger partial charge < -0.3 is 10.2 Å². The maximum Gasteiger partial charge on any atom is 0.123 e. The third-order valence-electron chi connectivity index (χ3n) is 2.06. The number of aliphatic hydroxyl groups is 2. The summed E-state index contributed by atoms with van der Waals surface area (Å²) >= 11 is 0. The summed E-state index contributed by atoms with van der Waals surface area (Å²) in [5.41, 5.74) is 0.529. The molecule has 5 heteroatoms. The van der Waals surface area contributed by atoms with E-state index in [0.29, 0.717) is 5.69 Å². The fraction of sp³-hybridized carbons (Fsp3) is 0.750. The second-order valence-electron chi connectivity index (χ2n) is 3.46. The van der Waals surface area contributed by atoms with Crippen LogP contribution in [-0.4, -0.2) is 31.3 Å². The highest BCUT2D eigenvalue weighted by molar-refractivity contribution is 5.01. The lowest BCUT2D eigenvalue weighted by molar-refractivity contribution is -0.0135. The van der Waals surface area contributed by atoms with Crippen LogP contribution >= 0.6 is 0 Å². The van der Waals surface area contributed by atoms with Crippen LogP contribution < -0.4 is 0 Å². The second-order valence-corrected chi connectivity index (χ2v) is 3.46. The molecule has 0 aromatic carbocycles. The van der Waals surface area contributed by atoms with Gasteiger partial charge in [0.15, 0.2) is 0 Å². The van der Waals surface area contributed by atoms with E-state index in [1.54, 1.807) is 7.05 Å². The Balaban J connectivity index is 2.79. The standard InChI is InChI=1S/C8H15N3O2/c1-5(2)7(12)8(13)6-4-9-10-11(6)3/h4-5,7-8,12-13H,1-3H3. The summed E-state index contributed by atoms with van der Waals surface area (Å²) in [6.45, 7) is 3.69. The highest BCUT2D eigenvalue weighted by Gasteiger charge is 2.24. The van der Waals surface area contributed by atoms with Gasteiger partial charge in [-0.05, 0) is 5.92 Å². The maximum atomic E-state index is 9.68. The molecule has 74 valence electrons. The molecule has 1 rings (SSSR count). The van der Waals surface area contributed by atoms with E-state index in [1.165, 1.54) is 10.9 Å². The Morgan fingerprint density at radius 2 is 2.00 bits per heavy atom. The summed E-state index contributed by atoms with van der Waals surface area (Å²) < 4.78 is 1.45. The fourth-order valence-electron chi connectivity index (χ4n) is 1.10. The lowest BCUT2D eigenvalue weighted by Crippen LogP contribution is -2.25. The third-order valence-corrected chi connectivity index (χ3v) is 2.06. The number of aromatic nitrogens is 3. The van der Waals surface area contributed by atoms with Crippen LogP contribution in [0.1, 0.15) is 25.6 Å². The first-order chi connectivity index (χ1) is 6.04. The van der Waals surface area contributed by atoms with E-state index in [9.17, 15) is 10.2 Å². The van der Waals surface area contributed by atoms with Crippen molar-refractivity contribution >= 4 is 0 Å². The molecule has 0 aliphatic carbocycles. The first-order valence-corrected chi connectivity index (χ1v) is 4.24. The van der Waals surface area contributed by atoms with Gasteiger partial charge in [0, 0.05) is 7.05 Å². The van der Waals surface area contributed by atoms with E-state index in [1.807, 2.05) is 13.8 Å². The molecule has 1 aromatic rings. The van der Waals surface area contributed by atoms with Gasteiger partial charge in [0.25, 0.3) is 0 Å². The number of aryl methyl sites for hydroxylation is 1. The van der Waals surface area contributed by atoms with Crippen molar-refractivity contribution in [2.45, 2.75) is 26.1 Å². The quantitative estimate of drug-likeness (QED) is 0.688. The van der Waals surface area contributed by atoms with Crippen LogP contribution in [0.25, 0.3) is 0 Å². The van der Waals surface area contributed by atoms with Crippen molar-refractivity contribution in [1.82, 2.24) is 15.0 Å². The van der Waals surface area contributed by atoms with E-state index in [0.717, 1.165) is 0 Å². The molecule has 0 spiro atoms. The van der Waals surface area contributed by atoms with Crippen molar-refractivity contribution in [3.8, 4) is 0 Å². The molecule has 1 aromatic heterocycles. The minimum atomic E-state index is -0.917. The molecular weight excluding hydrogens is 170 g/mol. The molecule has 0 saturated carbocycles. The summed E-state index contributed by atoms with van der Waals surface area (Å²) in [6, 6.07) is 0. The topological polar surface area (TPSA) is 71.2 Å². The largest absolute Gasteiger partial charge is 0.390 e. The number of nitrogens with zero attached hydrogens (tertiary/aromatic N) is 3. The lowest BCUT2D eigenvalue weighted by Gasteiger charge is -2.20. The van der Waals surface area contributed by atoms with Crippen LogP contribution in [0.4, 0.5) is 0 Å². The molecule has 0 saturated heterocycles. The van der Waals surface area contributed by atoms with Crippen molar-refractivity contribution < 1.29 is 10.2 Å². The van der Waals surface area contributed by atoms with E-state index in [2.05, 4.69) is 10.3 Å². The summed E-state index contributed by atoms with van der Waals surface area (Å²) in [7, 11) is 1.68. The minimum absolute atomic E-state index is 0.00454. The van der Waals surface area contributed by atoms with Crippen molar-refractivity contribution in [1.29, 1.82) is 0 Å². The van der Waals surface area contributed by atoms with Gasteiger partial charge in [-0.25, -0.2) is 4.68 Å². The van der Waals surface area contributed by atoms with Gasteiger partial charge in [0.05, 0.1) is 18.0 Å². The van der Waals surface area contributed by atoms with Gasteiger partial charge in [-0.15, -0.1) is 5.10 Å². The predicted octanol–water partition coefficient (Wildman–Crippen LogP) is -0.135. The van der Waals surface area contributed by atoms with Crippen LogP contribution in [0.2, 0.25) is 0 Å². The van der Waals surface area contributed by atoms with Gasteiger partial charge in [0.1, 0.15) is 6.10 Å². The molecule has 0 fully saturated rings. The normalized spacial score (nSPS) is 16.2. The summed E-state index contributed by atoms with van der Waals surface area (Å²) in [5, 5.41) is 26.6. The first kappa shape index (κ1) is 10.1. The average Bonchev–Trinajstić information content (AvgIpc) is 2.48. The molecule has 0 amide bonds. The zero-order chi connectivity index (χ0) is 10.0. The number of rotatable bonds is 3. The zero-order valence-corrected chi connectivity index (χ0v) is 8.05. The molecule has 0 radical (unpaired) electrons. The van der Waals surface area contributed by atoms with Crippen LogP contribution in [0.3, 0.4) is 0 Å². The molecular formula is C8H15N3O2. The van der Waals surface area contributed by atoms with Gasteiger partial charge in [-0.1, -0.05) is 19.1 Å². The molecule has 5 nitrogen and oxygen atoms in total. The smallest absolute Gasteiger partial charge is 0.123 e. The molecule has 0 bridgehead atoms. The molecule has 0 aliphatic heterocycles. The summed E-state index contributed by atoms with van der Waals surface area (Å²) in [4.78, 5) is 0. The van der Waals surface area contributed by atoms with E-state index in [4.69, 9.17) is 0 Å².